The van der Waals surface area contributed by atoms with E-state index < -0.39 is 11.2 Å². The third kappa shape index (κ3) is 4.52. The second kappa shape index (κ2) is 8.75. The molecule has 0 aliphatic carbocycles. The van der Waals surface area contributed by atoms with Crippen LogP contribution in [-0.2, 0) is 17.7 Å². The van der Waals surface area contributed by atoms with E-state index in [-0.39, 0.29) is 10.7 Å². The molecule has 4 aromatic rings. The number of benzene rings is 1. The van der Waals surface area contributed by atoms with E-state index in [0.29, 0.717) is 23.6 Å². The van der Waals surface area contributed by atoms with Gasteiger partial charge >= 0.3 is 5.16 Å². The number of aromatic nitrogens is 5. The van der Waals surface area contributed by atoms with Crippen LogP contribution >= 0.6 is 0 Å². The van der Waals surface area contributed by atoms with Crippen LogP contribution in [0.15, 0.2) is 71.0 Å². The van der Waals surface area contributed by atoms with E-state index in [4.69, 9.17) is 4.74 Å². The highest BCUT2D eigenvalue weighted by Crippen LogP contribution is 2.22. The van der Waals surface area contributed by atoms with Gasteiger partial charge in [-0.1, -0.05) is 12.1 Å². The summed E-state index contributed by atoms with van der Waals surface area (Å²) in [6.45, 7) is 2.35. The third-order valence-corrected chi connectivity index (χ3v) is 5.49. The van der Waals surface area contributed by atoms with Gasteiger partial charge in [-0.2, -0.15) is 15.1 Å². The molecule has 0 fully saturated rings. The van der Waals surface area contributed by atoms with Gasteiger partial charge in [0.05, 0.1) is 19.3 Å². The maximum atomic E-state index is 12.5. The van der Waals surface area contributed by atoms with Gasteiger partial charge in [0.1, 0.15) is 12.0 Å². The standard InChI is InChI=1S/C22H21N5O3S/c1-15-5-6-16(11-19(15)30-2)13-26-14-17(7-8-21(26)28)18-12-20(27-10-4-9-23-27)25-22(24-18)31(3)29/h4-12,14H,13H2,1-3H3. The molecule has 3 aromatic heterocycles. The van der Waals surface area contributed by atoms with Gasteiger partial charge in [0.25, 0.3) is 5.56 Å². The van der Waals surface area contributed by atoms with Crippen LogP contribution in [0.1, 0.15) is 11.1 Å². The molecule has 0 saturated heterocycles. The molecular weight excluding hydrogens is 414 g/mol. The van der Waals surface area contributed by atoms with Crippen LogP contribution in [-0.4, -0.2) is 42.2 Å². The molecular formula is C22H21N5O3S. The fourth-order valence-corrected chi connectivity index (χ4v) is 3.63. The smallest absolute Gasteiger partial charge is 0.345 e. The lowest BCUT2D eigenvalue weighted by molar-refractivity contribution is 0.411. The molecule has 0 aliphatic heterocycles. The Balaban J connectivity index is 1.75. The lowest BCUT2D eigenvalue weighted by Gasteiger charge is -2.12. The summed E-state index contributed by atoms with van der Waals surface area (Å²) in [7, 11) is 1.63. The fourth-order valence-electron chi connectivity index (χ4n) is 3.18. The summed E-state index contributed by atoms with van der Waals surface area (Å²) in [4.78, 5) is 21.3. The number of methoxy groups -OCH3 is 1. The van der Waals surface area contributed by atoms with E-state index in [1.807, 2.05) is 25.1 Å². The molecule has 31 heavy (non-hydrogen) atoms. The molecule has 0 saturated carbocycles. The average Bonchev–Trinajstić information content (AvgIpc) is 3.31. The molecule has 0 bridgehead atoms. The number of aryl methyl sites for hydroxylation is 1. The van der Waals surface area contributed by atoms with Gasteiger partial charge < -0.3 is 13.9 Å². The summed E-state index contributed by atoms with van der Waals surface area (Å²) in [5.41, 5.74) is 3.10. The zero-order chi connectivity index (χ0) is 22.0. The van der Waals surface area contributed by atoms with Crippen LogP contribution < -0.4 is 10.3 Å². The van der Waals surface area contributed by atoms with Crippen molar-refractivity contribution in [1.29, 1.82) is 0 Å². The minimum Gasteiger partial charge on any atom is -0.609 e. The number of rotatable bonds is 6. The van der Waals surface area contributed by atoms with E-state index in [9.17, 15) is 9.35 Å². The highest BCUT2D eigenvalue weighted by Gasteiger charge is 2.16. The summed E-state index contributed by atoms with van der Waals surface area (Å²) >= 11 is -1.38. The molecule has 158 valence electrons. The Hall–Kier alpha value is -3.43. The number of ether oxygens (including phenoxy) is 1. The monoisotopic (exact) mass is 435 g/mol. The first-order chi connectivity index (χ1) is 14.9. The predicted molar refractivity (Wildman–Crippen MR) is 118 cm³/mol. The number of pyridine rings is 1. The second-order valence-electron chi connectivity index (χ2n) is 6.99. The molecule has 0 spiro atoms. The maximum absolute atomic E-state index is 12.5. The van der Waals surface area contributed by atoms with Gasteiger partial charge in [-0.3, -0.25) is 4.79 Å². The molecule has 9 heteroatoms. The lowest BCUT2D eigenvalue weighted by Crippen LogP contribution is -2.19. The highest BCUT2D eigenvalue weighted by molar-refractivity contribution is 7.90. The van der Waals surface area contributed by atoms with Crippen molar-refractivity contribution in [2.75, 3.05) is 13.4 Å². The van der Waals surface area contributed by atoms with Gasteiger partial charge in [-0.05, 0) is 36.2 Å². The van der Waals surface area contributed by atoms with Crippen LogP contribution in [0.4, 0.5) is 0 Å². The number of hydrogen-bond donors (Lipinski definition) is 0. The Kier molecular flexibility index (Phi) is 5.88. The van der Waals surface area contributed by atoms with E-state index in [0.717, 1.165) is 16.9 Å². The third-order valence-electron chi connectivity index (χ3n) is 4.79. The minimum absolute atomic E-state index is 0.135. The highest BCUT2D eigenvalue weighted by atomic mass is 32.2. The predicted octanol–water partition coefficient (Wildman–Crippen LogP) is 2.59. The van der Waals surface area contributed by atoms with E-state index in [1.54, 1.807) is 53.1 Å². The summed E-state index contributed by atoms with van der Waals surface area (Å²) in [6.07, 6.45) is 6.66. The lowest BCUT2D eigenvalue weighted by atomic mass is 10.1. The molecule has 0 aliphatic rings. The van der Waals surface area contributed by atoms with Crippen LogP contribution in [0.5, 0.6) is 5.75 Å². The largest absolute Gasteiger partial charge is 0.609 e. The molecule has 0 radical (unpaired) electrons. The quantitative estimate of drug-likeness (QED) is 0.341. The Morgan fingerprint density at radius 3 is 2.71 bits per heavy atom. The first-order valence-corrected chi connectivity index (χ1v) is 11.1. The minimum atomic E-state index is -1.38. The molecule has 1 atom stereocenters. The van der Waals surface area contributed by atoms with Crippen LogP contribution in [0.3, 0.4) is 0 Å². The van der Waals surface area contributed by atoms with Gasteiger partial charge in [-0.15, -0.1) is 0 Å². The molecule has 4 rings (SSSR count). The average molecular weight is 436 g/mol. The van der Waals surface area contributed by atoms with Crippen molar-refractivity contribution in [2.24, 2.45) is 0 Å². The Morgan fingerprint density at radius 2 is 2.00 bits per heavy atom. The fraction of sp³-hybridized carbons (Fsp3) is 0.182. The van der Waals surface area contributed by atoms with E-state index in [1.165, 1.54) is 12.3 Å². The molecule has 3 heterocycles. The van der Waals surface area contributed by atoms with Gasteiger partial charge in [-0.25, -0.2) is 4.68 Å². The van der Waals surface area contributed by atoms with Gasteiger partial charge in [0.15, 0.2) is 5.82 Å². The van der Waals surface area contributed by atoms with Crippen molar-refractivity contribution < 1.29 is 9.29 Å². The number of hydrogen-bond acceptors (Lipinski definition) is 6. The Bertz CT molecular complexity index is 1270. The van der Waals surface area contributed by atoms with Crippen LogP contribution in [0.2, 0.25) is 0 Å². The topological polar surface area (TPSA) is 97.9 Å². The summed E-state index contributed by atoms with van der Waals surface area (Å²) in [5.74, 6) is 1.28. The van der Waals surface area contributed by atoms with Crippen LogP contribution in [0, 0.1) is 6.92 Å². The molecule has 0 N–H and O–H groups in total. The zero-order valence-corrected chi connectivity index (χ0v) is 18.2. The van der Waals surface area contributed by atoms with Crippen molar-refractivity contribution in [3.63, 3.8) is 0 Å². The van der Waals surface area contributed by atoms with Crippen molar-refractivity contribution in [1.82, 2.24) is 24.3 Å². The molecule has 1 aromatic carbocycles. The Morgan fingerprint density at radius 1 is 1.16 bits per heavy atom. The van der Waals surface area contributed by atoms with E-state index >= 15 is 0 Å². The molecule has 1 unspecified atom stereocenters. The zero-order valence-electron chi connectivity index (χ0n) is 17.3. The van der Waals surface area contributed by atoms with Crippen molar-refractivity contribution in [2.45, 2.75) is 18.6 Å². The Labute approximate surface area is 182 Å². The summed E-state index contributed by atoms with van der Waals surface area (Å²) in [5, 5.41) is 4.39. The molecule has 0 amide bonds. The van der Waals surface area contributed by atoms with E-state index in [2.05, 4.69) is 15.1 Å². The second-order valence-corrected chi connectivity index (χ2v) is 8.26. The van der Waals surface area contributed by atoms with Crippen molar-refractivity contribution in [3.8, 4) is 22.8 Å². The van der Waals surface area contributed by atoms with Crippen molar-refractivity contribution in [3.05, 3.63) is 82.5 Å². The maximum Gasteiger partial charge on any atom is 0.345 e. The first-order valence-electron chi connectivity index (χ1n) is 9.51. The summed E-state index contributed by atoms with van der Waals surface area (Å²) < 4.78 is 20.7. The van der Waals surface area contributed by atoms with Crippen LogP contribution in [0.25, 0.3) is 17.1 Å². The summed E-state index contributed by atoms with van der Waals surface area (Å²) in [6, 6.07) is 12.6. The van der Waals surface area contributed by atoms with Gasteiger partial charge in [0.2, 0.25) is 0 Å². The first kappa shape index (κ1) is 20.8. The molecule has 8 nitrogen and oxygen atoms in total. The normalized spacial score (nSPS) is 12.0. The van der Waals surface area contributed by atoms with Gasteiger partial charge in [0, 0.05) is 47.5 Å². The van der Waals surface area contributed by atoms with Crippen molar-refractivity contribution >= 4 is 11.2 Å². The number of nitrogens with zero attached hydrogens (tertiary/aromatic N) is 5. The SMILES string of the molecule is COc1cc(Cn2cc(-c3cc(-n4cccn4)nc([S+](C)[O-])n3)ccc2=O)ccc1C.